The van der Waals surface area contributed by atoms with E-state index in [4.69, 9.17) is 0 Å². The summed E-state index contributed by atoms with van der Waals surface area (Å²) >= 11 is 0. The van der Waals surface area contributed by atoms with Crippen LogP contribution in [0.1, 0.15) is 44.4 Å². The molecule has 0 radical (unpaired) electrons. The molecule has 0 saturated heterocycles. The molecule has 1 aromatic rings. The third-order valence-corrected chi connectivity index (χ3v) is 2.98. The minimum Gasteiger partial charge on any atom is -0.325 e. The van der Waals surface area contributed by atoms with Crippen LogP contribution in [0, 0.1) is 0 Å². The van der Waals surface area contributed by atoms with Crippen molar-refractivity contribution >= 4 is 0 Å². The van der Waals surface area contributed by atoms with Crippen LogP contribution in [0.25, 0.3) is 0 Å². The molecule has 0 saturated carbocycles. The van der Waals surface area contributed by atoms with Gasteiger partial charge in [0.25, 0.3) is 0 Å². The highest BCUT2D eigenvalue weighted by Gasteiger charge is 2.35. The van der Waals surface area contributed by atoms with Gasteiger partial charge in [-0.1, -0.05) is 26.8 Å². The van der Waals surface area contributed by atoms with Gasteiger partial charge in [-0.15, -0.1) is 0 Å². The first kappa shape index (κ1) is 8.54. The smallest absolute Gasteiger partial charge is 0.248 e. The van der Waals surface area contributed by atoms with Gasteiger partial charge in [-0.05, 0) is 17.9 Å². The summed E-state index contributed by atoms with van der Waals surface area (Å²) in [4.78, 5) is 14.1. The van der Waals surface area contributed by atoms with Crippen molar-refractivity contribution in [2.24, 2.45) is 0 Å². The van der Waals surface area contributed by atoms with E-state index in [1.54, 1.807) is 6.07 Å². The Hall–Kier alpha value is -1.05. The van der Waals surface area contributed by atoms with Crippen LogP contribution in [0.15, 0.2) is 16.9 Å². The molecule has 2 rings (SSSR count). The molecule has 1 atom stereocenters. The van der Waals surface area contributed by atoms with Crippen LogP contribution < -0.4 is 5.56 Å². The molecule has 0 aliphatic heterocycles. The van der Waals surface area contributed by atoms with Gasteiger partial charge in [-0.2, -0.15) is 0 Å². The van der Waals surface area contributed by atoms with Gasteiger partial charge in [0.15, 0.2) is 0 Å². The van der Waals surface area contributed by atoms with Gasteiger partial charge < -0.3 is 4.98 Å². The Morgan fingerprint density at radius 1 is 1.46 bits per heavy atom. The highest BCUT2D eigenvalue weighted by molar-refractivity contribution is 5.35. The van der Waals surface area contributed by atoms with E-state index in [2.05, 4.69) is 25.8 Å². The van der Waals surface area contributed by atoms with E-state index >= 15 is 0 Å². The fourth-order valence-corrected chi connectivity index (χ4v) is 2.43. The maximum absolute atomic E-state index is 11.2. The molecule has 1 aromatic heterocycles. The van der Waals surface area contributed by atoms with E-state index in [0.29, 0.717) is 5.92 Å². The van der Waals surface area contributed by atoms with Gasteiger partial charge >= 0.3 is 0 Å². The molecule has 2 nitrogen and oxygen atoms in total. The second kappa shape index (κ2) is 2.47. The van der Waals surface area contributed by atoms with Crippen molar-refractivity contribution in [2.45, 2.75) is 38.5 Å². The van der Waals surface area contributed by atoms with Crippen molar-refractivity contribution in [3.63, 3.8) is 0 Å². The monoisotopic (exact) mass is 177 g/mol. The number of hydrogen-bond donors (Lipinski definition) is 1. The Labute approximate surface area is 78.0 Å². The molecule has 1 unspecified atom stereocenters. The molecular weight excluding hydrogens is 162 g/mol. The van der Waals surface area contributed by atoms with Crippen LogP contribution >= 0.6 is 0 Å². The van der Waals surface area contributed by atoms with Crippen LogP contribution in [0.4, 0.5) is 0 Å². The number of fused-ring (bicyclic) bond motifs is 1. The highest BCUT2D eigenvalue weighted by atomic mass is 16.1. The van der Waals surface area contributed by atoms with Gasteiger partial charge in [0.1, 0.15) is 0 Å². The first-order valence-corrected chi connectivity index (χ1v) is 4.74. The molecule has 70 valence electrons. The molecule has 0 aromatic carbocycles. The number of rotatable bonds is 0. The molecular formula is C11H15NO. The predicted octanol–water partition coefficient (Wildman–Crippen LogP) is 2.16. The SMILES string of the molecule is CC1CC(C)(C)c2[nH]c(=O)ccc21. The normalized spacial score (nSPS) is 24.4. The van der Waals surface area contributed by atoms with Crippen LogP contribution in [-0.2, 0) is 5.41 Å². The lowest BCUT2D eigenvalue weighted by Crippen LogP contribution is -2.18. The summed E-state index contributed by atoms with van der Waals surface area (Å²) in [7, 11) is 0. The zero-order valence-corrected chi connectivity index (χ0v) is 8.35. The summed E-state index contributed by atoms with van der Waals surface area (Å²) in [5.74, 6) is 0.571. The molecule has 0 bridgehead atoms. The standard InChI is InChI=1S/C11H15NO/c1-7-6-11(2,3)10-8(7)4-5-9(13)12-10/h4-5,7H,6H2,1-3H3,(H,12,13). The summed E-state index contributed by atoms with van der Waals surface area (Å²) in [6.07, 6.45) is 1.13. The van der Waals surface area contributed by atoms with Gasteiger partial charge in [-0.25, -0.2) is 0 Å². The fraction of sp³-hybridized carbons (Fsp3) is 0.545. The zero-order chi connectivity index (χ0) is 9.64. The summed E-state index contributed by atoms with van der Waals surface area (Å²) in [6, 6.07) is 3.59. The van der Waals surface area contributed by atoms with Gasteiger partial charge in [0.2, 0.25) is 5.56 Å². The molecule has 13 heavy (non-hydrogen) atoms. The highest BCUT2D eigenvalue weighted by Crippen LogP contribution is 2.43. The second-order valence-corrected chi connectivity index (χ2v) is 4.64. The second-order valence-electron chi connectivity index (χ2n) is 4.64. The lowest BCUT2D eigenvalue weighted by molar-refractivity contribution is 0.479. The number of H-pyrrole nitrogens is 1. The largest absolute Gasteiger partial charge is 0.325 e. The zero-order valence-electron chi connectivity index (χ0n) is 8.35. The minimum absolute atomic E-state index is 0.0147. The van der Waals surface area contributed by atoms with Crippen LogP contribution in [0.5, 0.6) is 0 Å². The van der Waals surface area contributed by atoms with Gasteiger partial charge in [-0.3, -0.25) is 4.79 Å². The first-order chi connectivity index (χ1) is 6.00. The van der Waals surface area contributed by atoms with Crippen molar-refractivity contribution in [1.29, 1.82) is 0 Å². The van der Waals surface area contributed by atoms with E-state index in [1.807, 2.05) is 6.07 Å². The Morgan fingerprint density at radius 3 is 2.85 bits per heavy atom. The van der Waals surface area contributed by atoms with Crippen LogP contribution in [0.2, 0.25) is 0 Å². The minimum atomic E-state index is 0.0147. The lowest BCUT2D eigenvalue weighted by atomic mass is 9.89. The topological polar surface area (TPSA) is 32.9 Å². The maximum Gasteiger partial charge on any atom is 0.248 e. The molecule has 1 aliphatic rings. The molecule has 1 N–H and O–H groups in total. The Kier molecular flexibility index (Phi) is 1.62. The van der Waals surface area contributed by atoms with E-state index in [0.717, 1.165) is 12.1 Å². The Bertz CT molecular complexity index is 389. The van der Waals surface area contributed by atoms with Crippen molar-refractivity contribution < 1.29 is 0 Å². The predicted molar refractivity (Wildman–Crippen MR) is 53.1 cm³/mol. The molecule has 1 heterocycles. The molecule has 0 fully saturated rings. The third kappa shape index (κ3) is 1.21. The number of aromatic nitrogens is 1. The lowest BCUT2D eigenvalue weighted by Gasteiger charge is -2.17. The van der Waals surface area contributed by atoms with Crippen LogP contribution in [0.3, 0.4) is 0 Å². The van der Waals surface area contributed by atoms with E-state index < -0.39 is 0 Å². The molecule has 1 aliphatic carbocycles. The summed E-state index contributed by atoms with van der Waals surface area (Å²) in [5.41, 5.74) is 2.59. The third-order valence-electron chi connectivity index (χ3n) is 2.98. The quantitative estimate of drug-likeness (QED) is 0.647. The average Bonchev–Trinajstić information content (AvgIpc) is 2.23. The average molecular weight is 177 g/mol. The summed E-state index contributed by atoms with van der Waals surface area (Å²) in [5, 5.41) is 0. The van der Waals surface area contributed by atoms with E-state index in [9.17, 15) is 4.79 Å². The van der Waals surface area contributed by atoms with E-state index in [1.165, 1.54) is 5.56 Å². The van der Waals surface area contributed by atoms with Gasteiger partial charge in [0.05, 0.1) is 0 Å². The number of hydrogen-bond acceptors (Lipinski definition) is 1. The summed E-state index contributed by atoms with van der Waals surface area (Å²) < 4.78 is 0. The number of pyridine rings is 1. The van der Waals surface area contributed by atoms with Crippen molar-refractivity contribution in [3.05, 3.63) is 33.7 Å². The number of nitrogens with one attached hydrogen (secondary N) is 1. The van der Waals surface area contributed by atoms with Crippen molar-refractivity contribution in [3.8, 4) is 0 Å². The fourth-order valence-electron chi connectivity index (χ4n) is 2.43. The molecule has 0 spiro atoms. The van der Waals surface area contributed by atoms with Crippen molar-refractivity contribution in [2.75, 3.05) is 0 Å². The molecule has 2 heteroatoms. The molecule has 0 amide bonds. The first-order valence-electron chi connectivity index (χ1n) is 4.74. The summed E-state index contributed by atoms with van der Waals surface area (Å²) in [6.45, 7) is 6.59. The van der Waals surface area contributed by atoms with E-state index in [-0.39, 0.29) is 11.0 Å². The maximum atomic E-state index is 11.2. The van der Waals surface area contributed by atoms with Crippen molar-refractivity contribution in [1.82, 2.24) is 4.98 Å². The number of aromatic amines is 1. The van der Waals surface area contributed by atoms with Gasteiger partial charge in [0, 0.05) is 17.2 Å². The Balaban J connectivity index is 2.66. The Morgan fingerprint density at radius 2 is 2.15 bits per heavy atom. The van der Waals surface area contributed by atoms with Crippen LogP contribution in [-0.4, -0.2) is 4.98 Å².